The monoisotopic (exact) mass is 390 g/mol. The van der Waals surface area contributed by atoms with Gasteiger partial charge in [0.1, 0.15) is 12.2 Å². The number of carbonyl (C=O) groups excluding carboxylic acids is 2. The number of benzene rings is 1. The third-order valence-corrected chi connectivity index (χ3v) is 5.25. The fourth-order valence-electron chi connectivity index (χ4n) is 4.16. The standard InChI is InChI=1S/C21H30N2O5/c1-14(24)18-17-11-10-16(23(17)20(26)28-21(2,3)4)12-22(18)19(25)27-13-15-8-6-5-7-9-15/h5-9,14,16-18,24H,10-13H2,1-4H3/t14-,16?,17+,18-/m1/s1. The van der Waals surface area contributed by atoms with Gasteiger partial charge in [0.05, 0.1) is 24.2 Å². The third-order valence-electron chi connectivity index (χ3n) is 5.25. The number of rotatable bonds is 3. The molecule has 7 heteroatoms. The zero-order valence-corrected chi connectivity index (χ0v) is 17.0. The number of fused-ring (bicyclic) bond motifs is 2. The summed E-state index contributed by atoms with van der Waals surface area (Å²) in [5, 5.41) is 10.4. The Morgan fingerprint density at radius 1 is 1.18 bits per heavy atom. The van der Waals surface area contributed by atoms with Crippen molar-refractivity contribution < 1.29 is 24.2 Å². The molecule has 0 saturated carbocycles. The highest BCUT2D eigenvalue weighted by molar-refractivity contribution is 5.72. The number of piperazine rings is 1. The van der Waals surface area contributed by atoms with Gasteiger partial charge in [0.25, 0.3) is 0 Å². The second-order valence-corrected chi connectivity index (χ2v) is 8.61. The maximum absolute atomic E-state index is 12.8. The van der Waals surface area contributed by atoms with Crippen LogP contribution in [0.5, 0.6) is 0 Å². The minimum absolute atomic E-state index is 0.126. The second-order valence-electron chi connectivity index (χ2n) is 8.61. The molecule has 1 aromatic carbocycles. The number of carbonyl (C=O) groups is 2. The Labute approximate surface area is 166 Å². The van der Waals surface area contributed by atoms with Gasteiger partial charge in [-0.1, -0.05) is 30.3 Å². The fourth-order valence-corrected chi connectivity index (χ4v) is 4.16. The summed E-state index contributed by atoms with van der Waals surface area (Å²) in [6, 6.07) is 8.55. The van der Waals surface area contributed by atoms with E-state index in [0.717, 1.165) is 18.4 Å². The molecule has 2 saturated heterocycles. The van der Waals surface area contributed by atoms with E-state index >= 15 is 0 Å². The summed E-state index contributed by atoms with van der Waals surface area (Å²) < 4.78 is 11.0. The molecule has 28 heavy (non-hydrogen) atoms. The van der Waals surface area contributed by atoms with Gasteiger partial charge in [0, 0.05) is 6.54 Å². The number of ether oxygens (including phenoxy) is 2. The van der Waals surface area contributed by atoms with E-state index in [2.05, 4.69) is 0 Å². The van der Waals surface area contributed by atoms with Crippen LogP contribution in [0.15, 0.2) is 30.3 Å². The van der Waals surface area contributed by atoms with E-state index < -0.39 is 23.8 Å². The molecule has 2 heterocycles. The summed E-state index contributed by atoms with van der Waals surface area (Å²) in [5.41, 5.74) is 0.308. The SMILES string of the molecule is C[C@@H](O)[C@@H]1[C@@H]2CCC(CN1C(=O)OCc1ccccc1)N2C(=O)OC(C)(C)C. The normalized spacial score (nSPS) is 25.4. The average Bonchev–Trinajstić information content (AvgIpc) is 2.92. The molecule has 1 N–H and O–H groups in total. The molecule has 1 unspecified atom stereocenters. The molecule has 0 radical (unpaired) electrons. The van der Waals surface area contributed by atoms with Crippen molar-refractivity contribution in [2.75, 3.05) is 6.54 Å². The van der Waals surface area contributed by atoms with Crippen molar-refractivity contribution in [1.82, 2.24) is 9.80 Å². The molecule has 3 rings (SSSR count). The molecule has 0 spiro atoms. The number of likely N-dealkylation sites (tertiary alicyclic amines) is 1. The summed E-state index contributed by atoms with van der Waals surface area (Å²) in [4.78, 5) is 28.8. The van der Waals surface area contributed by atoms with E-state index in [0.29, 0.717) is 6.54 Å². The molecule has 7 nitrogen and oxygen atoms in total. The molecule has 2 bridgehead atoms. The lowest BCUT2D eigenvalue weighted by molar-refractivity contribution is -0.0486. The lowest BCUT2D eigenvalue weighted by atomic mass is 9.98. The Bertz CT molecular complexity index is 700. The maximum atomic E-state index is 12.8. The molecular formula is C21H30N2O5. The Hall–Kier alpha value is -2.28. The molecule has 0 aromatic heterocycles. The van der Waals surface area contributed by atoms with Gasteiger partial charge < -0.3 is 14.6 Å². The lowest BCUT2D eigenvalue weighted by Gasteiger charge is -2.47. The van der Waals surface area contributed by atoms with Gasteiger partial charge in [-0.3, -0.25) is 9.80 Å². The van der Waals surface area contributed by atoms with Gasteiger partial charge in [-0.2, -0.15) is 0 Å². The predicted octanol–water partition coefficient (Wildman–Crippen LogP) is 3.16. The number of aliphatic hydroxyl groups excluding tert-OH is 1. The van der Waals surface area contributed by atoms with Crippen molar-refractivity contribution in [2.45, 2.75) is 77.0 Å². The summed E-state index contributed by atoms with van der Waals surface area (Å²) in [5.74, 6) is 0. The quantitative estimate of drug-likeness (QED) is 0.858. The number of amides is 2. The van der Waals surface area contributed by atoms with Crippen molar-refractivity contribution in [3.8, 4) is 0 Å². The largest absolute Gasteiger partial charge is 0.445 e. The highest BCUT2D eigenvalue weighted by Gasteiger charge is 2.52. The van der Waals surface area contributed by atoms with Crippen molar-refractivity contribution in [1.29, 1.82) is 0 Å². The molecule has 2 amide bonds. The number of hydrogen-bond acceptors (Lipinski definition) is 5. The van der Waals surface area contributed by atoms with Gasteiger partial charge in [-0.05, 0) is 46.1 Å². The first-order valence-electron chi connectivity index (χ1n) is 9.84. The highest BCUT2D eigenvalue weighted by Crippen LogP contribution is 2.37. The van der Waals surface area contributed by atoms with Crippen molar-refractivity contribution >= 4 is 12.2 Å². The van der Waals surface area contributed by atoms with Crippen LogP contribution in [0.4, 0.5) is 9.59 Å². The van der Waals surface area contributed by atoms with E-state index in [1.54, 1.807) is 16.7 Å². The Balaban J connectivity index is 1.72. The average molecular weight is 390 g/mol. The molecule has 2 aliphatic rings. The second kappa shape index (κ2) is 7.99. The lowest BCUT2D eigenvalue weighted by Crippen LogP contribution is -2.65. The zero-order valence-electron chi connectivity index (χ0n) is 17.0. The van der Waals surface area contributed by atoms with Crippen LogP contribution in [0, 0.1) is 0 Å². The van der Waals surface area contributed by atoms with E-state index in [9.17, 15) is 14.7 Å². The molecule has 2 fully saturated rings. The fraction of sp³-hybridized carbons (Fsp3) is 0.619. The van der Waals surface area contributed by atoms with Gasteiger partial charge >= 0.3 is 12.2 Å². The highest BCUT2D eigenvalue weighted by atomic mass is 16.6. The van der Waals surface area contributed by atoms with Crippen molar-refractivity contribution in [2.24, 2.45) is 0 Å². The minimum Gasteiger partial charge on any atom is -0.445 e. The van der Waals surface area contributed by atoms with Gasteiger partial charge in [-0.15, -0.1) is 0 Å². The van der Waals surface area contributed by atoms with Crippen LogP contribution in [0.3, 0.4) is 0 Å². The van der Waals surface area contributed by atoms with E-state index in [1.807, 2.05) is 51.1 Å². The van der Waals surface area contributed by atoms with E-state index in [1.165, 1.54) is 0 Å². The molecule has 4 atom stereocenters. The van der Waals surface area contributed by atoms with E-state index in [-0.39, 0.29) is 24.8 Å². The van der Waals surface area contributed by atoms with Crippen LogP contribution in [-0.2, 0) is 16.1 Å². The van der Waals surface area contributed by atoms with Crippen LogP contribution in [0.2, 0.25) is 0 Å². The number of hydrogen-bond donors (Lipinski definition) is 1. The molecule has 0 aliphatic carbocycles. The van der Waals surface area contributed by atoms with Gasteiger partial charge in [0.2, 0.25) is 0 Å². The van der Waals surface area contributed by atoms with Crippen LogP contribution in [0.1, 0.15) is 46.1 Å². The Morgan fingerprint density at radius 3 is 2.46 bits per heavy atom. The number of nitrogens with zero attached hydrogens (tertiary/aromatic N) is 2. The number of aliphatic hydroxyl groups is 1. The molecule has 154 valence electrons. The van der Waals surface area contributed by atoms with Crippen molar-refractivity contribution in [3.63, 3.8) is 0 Å². The van der Waals surface area contributed by atoms with Crippen molar-refractivity contribution in [3.05, 3.63) is 35.9 Å². The Morgan fingerprint density at radius 2 is 1.86 bits per heavy atom. The first-order chi connectivity index (χ1) is 13.2. The minimum atomic E-state index is -0.793. The Kier molecular flexibility index (Phi) is 5.84. The molecule has 1 aromatic rings. The summed E-state index contributed by atoms with van der Waals surface area (Å²) in [6.45, 7) is 7.64. The van der Waals surface area contributed by atoms with Gasteiger partial charge in [0.15, 0.2) is 0 Å². The van der Waals surface area contributed by atoms with Crippen LogP contribution in [0.25, 0.3) is 0 Å². The van der Waals surface area contributed by atoms with Gasteiger partial charge in [-0.25, -0.2) is 9.59 Å². The molecule has 2 aliphatic heterocycles. The van der Waals surface area contributed by atoms with Crippen LogP contribution in [-0.4, -0.2) is 63.5 Å². The predicted molar refractivity (Wildman–Crippen MR) is 104 cm³/mol. The summed E-state index contributed by atoms with van der Waals surface area (Å²) in [6.07, 6.45) is -0.144. The van der Waals surface area contributed by atoms with Crippen LogP contribution < -0.4 is 0 Å². The maximum Gasteiger partial charge on any atom is 0.410 e. The third kappa shape index (κ3) is 4.41. The summed E-state index contributed by atoms with van der Waals surface area (Å²) in [7, 11) is 0. The smallest absolute Gasteiger partial charge is 0.410 e. The first kappa shape index (κ1) is 20.5. The summed E-state index contributed by atoms with van der Waals surface area (Å²) >= 11 is 0. The molecular weight excluding hydrogens is 360 g/mol. The zero-order chi connectivity index (χ0) is 20.5. The van der Waals surface area contributed by atoms with E-state index in [4.69, 9.17) is 9.47 Å². The first-order valence-corrected chi connectivity index (χ1v) is 9.84. The topological polar surface area (TPSA) is 79.3 Å². The van der Waals surface area contributed by atoms with Crippen LogP contribution >= 0.6 is 0 Å².